The lowest BCUT2D eigenvalue weighted by Gasteiger charge is -2.27. The molecule has 11 heteroatoms. The summed E-state index contributed by atoms with van der Waals surface area (Å²) in [6, 6.07) is 0. The maximum absolute atomic E-state index is 11.2. The molecule has 2 aliphatic heterocycles. The molecule has 6 atom stereocenters. The van der Waals surface area contributed by atoms with Gasteiger partial charge < -0.3 is 16.2 Å². The van der Waals surface area contributed by atoms with Crippen LogP contribution >= 0.6 is 0 Å². The molecule has 11 nitrogen and oxygen atoms in total. The second kappa shape index (κ2) is 8.93. The summed E-state index contributed by atoms with van der Waals surface area (Å²) in [6.07, 6.45) is 5.62. The van der Waals surface area contributed by atoms with Gasteiger partial charge in [0, 0.05) is 5.92 Å². The number of hydrogen-bond donors (Lipinski definition) is 6. The Morgan fingerprint density at radius 1 is 0.815 bits per heavy atom. The van der Waals surface area contributed by atoms with E-state index < -0.39 is 59.5 Å². The number of rotatable bonds is 4. The third-order valence-corrected chi connectivity index (χ3v) is 5.22. The predicted octanol–water partition coefficient (Wildman–Crippen LogP) is -1.67. The number of amides is 4. The van der Waals surface area contributed by atoms with E-state index in [0.29, 0.717) is 12.8 Å². The maximum atomic E-state index is 11.2. The van der Waals surface area contributed by atoms with Gasteiger partial charge in [-0.3, -0.25) is 29.6 Å². The number of nitrogens with one attached hydrogen (secondary N) is 2. The van der Waals surface area contributed by atoms with Crippen LogP contribution in [-0.4, -0.2) is 46.3 Å². The van der Waals surface area contributed by atoms with Crippen LogP contribution in [0.2, 0.25) is 0 Å². The predicted molar refractivity (Wildman–Crippen MR) is 88.5 cm³/mol. The molecule has 4 unspecified atom stereocenters. The first-order chi connectivity index (χ1) is 12.8. The molecule has 1 saturated heterocycles. The number of nitrogens with two attached hydrogens (primary N) is 2. The number of carbonyl (C=O) groups is 4. The fourth-order valence-electron chi connectivity index (χ4n) is 3.90. The Labute approximate surface area is 155 Å². The van der Waals surface area contributed by atoms with Crippen LogP contribution in [0.3, 0.4) is 0 Å². The van der Waals surface area contributed by atoms with E-state index in [-0.39, 0.29) is 0 Å². The highest BCUT2D eigenvalue weighted by atomic mass is 16.5. The Morgan fingerprint density at radius 3 is 1.81 bits per heavy atom. The number of hydroxylamine groups is 2. The highest BCUT2D eigenvalue weighted by Crippen LogP contribution is 2.38. The third kappa shape index (κ3) is 4.43. The largest absolute Gasteiger partial charge is 0.369 e. The molecular formula is C16H24N4O7. The van der Waals surface area contributed by atoms with Crippen molar-refractivity contribution in [1.29, 1.82) is 0 Å². The Kier molecular flexibility index (Phi) is 6.88. The quantitative estimate of drug-likeness (QED) is 0.189. The molecule has 2 fully saturated rings. The molecule has 27 heavy (non-hydrogen) atoms. The minimum atomic E-state index is -0.715. The zero-order valence-corrected chi connectivity index (χ0v) is 14.5. The zero-order valence-electron chi connectivity index (χ0n) is 14.5. The van der Waals surface area contributed by atoms with Crippen LogP contribution in [0.25, 0.3) is 0 Å². The Balaban J connectivity index is 0.000000194. The number of ether oxygens (including phenoxy) is 1. The molecule has 3 rings (SSSR count). The summed E-state index contributed by atoms with van der Waals surface area (Å²) in [4.78, 5) is 44.4. The van der Waals surface area contributed by atoms with Gasteiger partial charge in [-0.1, -0.05) is 25.0 Å². The van der Waals surface area contributed by atoms with Crippen molar-refractivity contribution in [2.24, 2.45) is 35.1 Å². The van der Waals surface area contributed by atoms with Crippen LogP contribution in [0.1, 0.15) is 25.7 Å². The topological polar surface area (TPSA) is 194 Å². The number of hydrogen-bond acceptors (Lipinski definition) is 7. The van der Waals surface area contributed by atoms with E-state index >= 15 is 0 Å². The summed E-state index contributed by atoms with van der Waals surface area (Å²) >= 11 is 0. The van der Waals surface area contributed by atoms with Crippen molar-refractivity contribution < 1.29 is 34.3 Å². The maximum Gasteiger partial charge on any atom is 0.250 e. The SMILES string of the molecule is NC(=O)C1C2C=CC(O2)C1C(=O)NO.NC(=O)[C@H]1CCCC[C@H]1C(=O)NO. The van der Waals surface area contributed by atoms with Gasteiger partial charge in [0.15, 0.2) is 0 Å². The highest BCUT2D eigenvalue weighted by Gasteiger charge is 2.52. The van der Waals surface area contributed by atoms with Gasteiger partial charge in [0.25, 0.3) is 0 Å². The summed E-state index contributed by atoms with van der Waals surface area (Å²) in [6.45, 7) is 0. The molecule has 2 heterocycles. The van der Waals surface area contributed by atoms with Crippen LogP contribution in [0, 0.1) is 23.7 Å². The van der Waals surface area contributed by atoms with Crippen molar-refractivity contribution in [1.82, 2.24) is 11.0 Å². The van der Waals surface area contributed by atoms with E-state index in [4.69, 9.17) is 26.6 Å². The van der Waals surface area contributed by atoms with E-state index in [1.54, 1.807) is 17.6 Å². The minimum Gasteiger partial charge on any atom is -0.369 e. The van der Waals surface area contributed by atoms with Gasteiger partial charge in [-0.2, -0.15) is 0 Å². The zero-order chi connectivity index (χ0) is 20.1. The minimum absolute atomic E-state index is 0.416. The molecule has 150 valence electrons. The Hall–Kier alpha value is -2.50. The van der Waals surface area contributed by atoms with Crippen LogP contribution in [0.15, 0.2) is 12.2 Å². The lowest BCUT2D eigenvalue weighted by Crippen LogP contribution is -2.43. The smallest absolute Gasteiger partial charge is 0.250 e. The molecule has 0 aromatic rings. The lowest BCUT2D eigenvalue weighted by atomic mass is 9.78. The normalized spacial score (nSPS) is 33.6. The van der Waals surface area contributed by atoms with Crippen LogP contribution in [0.4, 0.5) is 0 Å². The Bertz CT molecular complexity index is 638. The van der Waals surface area contributed by atoms with Crippen molar-refractivity contribution in [3.8, 4) is 0 Å². The van der Waals surface area contributed by atoms with Crippen molar-refractivity contribution in [2.75, 3.05) is 0 Å². The molecule has 0 aromatic heterocycles. The van der Waals surface area contributed by atoms with Gasteiger partial charge in [0.1, 0.15) is 0 Å². The summed E-state index contributed by atoms with van der Waals surface area (Å²) < 4.78 is 5.30. The molecule has 0 spiro atoms. The molecule has 2 bridgehead atoms. The average molecular weight is 384 g/mol. The number of fused-ring (bicyclic) bond motifs is 2. The lowest BCUT2D eigenvalue weighted by molar-refractivity contribution is -0.140. The van der Waals surface area contributed by atoms with Crippen molar-refractivity contribution in [3.63, 3.8) is 0 Å². The highest BCUT2D eigenvalue weighted by molar-refractivity contribution is 5.89. The van der Waals surface area contributed by atoms with E-state index in [1.165, 1.54) is 5.48 Å². The van der Waals surface area contributed by atoms with Crippen molar-refractivity contribution in [3.05, 3.63) is 12.2 Å². The summed E-state index contributed by atoms with van der Waals surface area (Å²) in [5.41, 5.74) is 13.4. The second-order valence-corrected chi connectivity index (χ2v) is 6.76. The molecule has 4 amide bonds. The van der Waals surface area contributed by atoms with E-state index in [0.717, 1.165) is 12.8 Å². The van der Waals surface area contributed by atoms with Gasteiger partial charge in [-0.05, 0) is 12.8 Å². The number of primary amides is 2. The van der Waals surface area contributed by atoms with Gasteiger partial charge in [0.2, 0.25) is 23.6 Å². The molecule has 0 radical (unpaired) electrons. The molecular weight excluding hydrogens is 360 g/mol. The second-order valence-electron chi connectivity index (χ2n) is 6.76. The average Bonchev–Trinajstić information content (AvgIpc) is 3.28. The van der Waals surface area contributed by atoms with E-state index in [9.17, 15) is 19.2 Å². The Morgan fingerprint density at radius 2 is 1.33 bits per heavy atom. The van der Waals surface area contributed by atoms with Crippen molar-refractivity contribution >= 4 is 23.6 Å². The fourth-order valence-corrected chi connectivity index (χ4v) is 3.90. The first-order valence-electron chi connectivity index (χ1n) is 8.62. The number of carbonyl (C=O) groups excluding carboxylic acids is 4. The summed E-state index contributed by atoms with van der Waals surface area (Å²) in [5, 5.41) is 16.9. The summed E-state index contributed by atoms with van der Waals surface area (Å²) in [5.74, 6) is -4.43. The van der Waals surface area contributed by atoms with Gasteiger partial charge in [-0.25, -0.2) is 11.0 Å². The summed E-state index contributed by atoms with van der Waals surface area (Å²) in [7, 11) is 0. The van der Waals surface area contributed by atoms with Gasteiger partial charge in [0.05, 0.1) is 30.0 Å². The molecule has 1 saturated carbocycles. The van der Waals surface area contributed by atoms with Gasteiger partial charge >= 0.3 is 0 Å². The van der Waals surface area contributed by atoms with E-state index in [1.807, 2.05) is 0 Å². The molecule has 8 N–H and O–H groups in total. The van der Waals surface area contributed by atoms with Crippen LogP contribution < -0.4 is 22.4 Å². The molecule has 3 aliphatic rings. The van der Waals surface area contributed by atoms with E-state index in [2.05, 4.69) is 0 Å². The van der Waals surface area contributed by atoms with Crippen LogP contribution in [0.5, 0.6) is 0 Å². The molecule has 1 aliphatic carbocycles. The fraction of sp³-hybridized carbons (Fsp3) is 0.625. The monoisotopic (exact) mass is 384 g/mol. The standard InChI is InChI=1S/C8H10N2O4.C8H14N2O3/c9-7(11)5-3-1-2-4(14-3)6(5)8(12)10-13;9-7(11)5-3-1-2-4-6(5)8(12)10-13/h1-6,13H,(H2,9,11)(H,10,12);5-6,13H,1-4H2,(H2,9,11)(H,10,12)/t;5-,6+/m.0/s1. The van der Waals surface area contributed by atoms with Crippen molar-refractivity contribution in [2.45, 2.75) is 37.9 Å². The van der Waals surface area contributed by atoms with Gasteiger partial charge in [-0.15, -0.1) is 0 Å². The van der Waals surface area contributed by atoms with Crippen LogP contribution in [-0.2, 0) is 23.9 Å². The molecule has 0 aromatic carbocycles. The first-order valence-corrected chi connectivity index (χ1v) is 8.62. The third-order valence-electron chi connectivity index (χ3n) is 5.22. The first kappa shape index (κ1) is 20.8.